The van der Waals surface area contributed by atoms with Crippen LogP contribution in [0.4, 0.5) is 0 Å². The summed E-state index contributed by atoms with van der Waals surface area (Å²) in [5.74, 6) is -0.0561. The number of hydrogen-bond acceptors (Lipinski definition) is 6. The van der Waals surface area contributed by atoms with Crippen LogP contribution in [0.15, 0.2) is 49.2 Å². The minimum atomic E-state index is -0.0561. The Bertz CT molecular complexity index is 1260. The predicted octanol–water partition coefficient (Wildman–Crippen LogP) is 3.81. The van der Waals surface area contributed by atoms with Crippen molar-refractivity contribution in [2.24, 2.45) is 0 Å². The van der Waals surface area contributed by atoms with Gasteiger partial charge < -0.3 is 5.32 Å². The van der Waals surface area contributed by atoms with E-state index in [4.69, 9.17) is 0 Å². The first kappa shape index (κ1) is 20.2. The lowest BCUT2D eigenvalue weighted by Crippen LogP contribution is -2.38. The smallest absolute Gasteiger partial charge is 0.251 e. The third-order valence-electron chi connectivity index (χ3n) is 6.20. The van der Waals surface area contributed by atoms with Crippen LogP contribution in [0.1, 0.15) is 53.5 Å². The number of carbonyl (C=O) groups excluding carboxylic acids is 1. The van der Waals surface area contributed by atoms with Gasteiger partial charge in [-0.3, -0.25) is 19.4 Å². The molecule has 0 unspecified atom stereocenters. The summed E-state index contributed by atoms with van der Waals surface area (Å²) in [6.07, 6.45) is 12.7. The van der Waals surface area contributed by atoms with E-state index in [1.807, 2.05) is 49.1 Å². The summed E-state index contributed by atoms with van der Waals surface area (Å²) >= 11 is 0. The van der Waals surface area contributed by atoms with E-state index in [0.29, 0.717) is 11.6 Å². The molecule has 0 atom stereocenters. The lowest BCUT2D eigenvalue weighted by molar-refractivity contribution is 0.0922. The van der Waals surface area contributed by atoms with Gasteiger partial charge in [-0.2, -0.15) is 5.10 Å². The summed E-state index contributed by atoms with van der Waals surface area (Å²) < 4.78 is 2.02. The third-order valence-corrected chi connectivity index (χ3v) is 6.20. The Morgan fingerprint density at radius 2 is 1.78 bits per heavy atom. The van der Waals surface area contributed by atoms with E-state index < -0.39 is 0 Å². The number of hydrogen-bond donors (Lipinski definition) is 1. The molecule has 1 amide bonds. The number of benzene rings is 1. The minimum Gasteiger partial charge on any atom is -0.349 e. The van der Waals surface area contributed by atoms with Crippen molar-refractivity contribution in [1.82, 2.24) is 35.0 Å². The molecule has 0 spiro atoms. The first-order valence-electron chi connectivity index (χ1n) is 10.9. The van der Waals surface area contributed by atoms with Crippen molar-refractivity contribution in [3.05, 3.63) is 66.1 Å². The Kier molecular flexibility index (Phi) is 5.34. The van der Waals surface area contributed by atoms with E-state index in [2.05, 4.69) is 30.4 Å². The second-order valence-corrected chi connectivity index (χ2v) is 8.38. The molecule has 8 nitrogen and oxygen atoms in total. The van der Waals surface area contributed by atoms with Crippen LogP contribution in [-0.4, -0.2) is 41.7 Å². The van der Waals surface area contributed by atoms with Gasteiger partial charge in [0.15, 0.2) is 0 Å². The van der Waals surface area contributed by atoms with Gasteiger partial charge in [0.25, 0.3) is 5.91 Å². The van der Waals surface area contributed by atoms with E-state index >= 15 is 0 Å². The maximum atomic E-state index is 12.8. The van der Waals surface area contributed by atoms with Crippen molar-refractivity contribution in [2.45, 2.75) is 51.6 Å². The Morgan fingerprint density at radius 1 is 1.00 bits per heavy atom. The molecule has 1 fully saturated rings. The van der Waals surface area contributed by atoms with Crippen LogP contribution in [-0.2, 0) is 0 Å². The van der Waals surface area contributed by atoms with Crippen molar-refractivity contribution in [3.8, 4) is 11.3 Å². The zero-order chi connectivity index (χ0) is 22.1. The van der Waals surface area contributed by atoms with E-state index in [-0.39, 0.29) is 11.9 Å². The van der Waals surface area contributed by atoms with Crippen molar-refractivity contribution < 1.29 is 4.79 Å². The van der Waals surface area contributed by atoms with Crippen LogP contribution < -0.4 is 5.32 Å². The molecular weight excluding hydrogens is 402 g/mol. The van der Waals surface area contributed by atoms with Crippen LogP contribution in [0, 0.1) is 13.8 Å². The third kappa shape index (κ3) is 4.08. The van der Waals surface area contributed by atoms with Gasteiger partial charge in [-0.25, -0.2) is 9.97 Å². The summed E-state index contributed by atoms with van der Waals surface area (Å²) in [5, 5.41) is 7.73. The number of carbonyl (C=O) groups is 1. The van der Waals surface area contributed by atoms with Crippen molar-refractivity contribution in [3.63, 3.8) is 0 Å². The lowest BCUT2D eigenvalue weighted by Gasteiger charge is -2.29. The zero-order valence-corrected chi connectivity index (χ0v) is 18.2. The van der Waals surface area contributed by atoms with Crippen molar-refractivity contribution in [1.29, 1.82) is 0 Å². The Morgan fingerprint density at radius 3 is 2.53 bits per heavy atom. The molecule has 0 radical (unpaired) electrons. The average molecular weight is 428 g/mol. The number of fused-ring (bicyclic) bond motifs is 1. The molecule has 3 aromatic heterocycles. The second-order valence-electron chi connectivity index (χ2n) is 8.38. The van der Waals surface area contributed by atoms with Crippen LogP contribution in [0.2, 0.25) is 0 Å². The number of nitrogens with zero attached hydrogens (tertiary/aromatic N) is 6. The highest BCUT2D eigenvalue weighted by atomic mass is 16.1. The van der Waals surface area contributed by atoms with Gasteiger partial charge in [0.2, 0.25) is 0 Å². The molecule has 3 heterocycles. The summed E-state index contributed by atoms with van der Waals surface area (Å²) in [4.78, 5) is 30.4. The number of nitrogens with one attached hydrogen (secondary N) is 1. The molecule has 32 heavy (non-hydrogen) atoms. The number of rotatable bonds is 4. The fourth-order valence-electron chi connectivity index (χ4n) is 4.24. The first-order chi connectivity index (χ1) is 15.6. The van der Waals surface area contributed by atoms with E-state index in [1.54, 1.807) is 18.6 Å². The van der Waals surface area contributed by atoms with Gasteiger partial charge in [-0.05, 0) is 57.7 Å². The fourth-order valence-corrected chi connectivity index (χ4v) is 4.24. The standard InChI is InChI=1S/C24H25N7O/c1-15-16(2)29-22-11-17(3-8-21(22)28-15)24(32)30-19-4-6-20(7-5-19)31-14-18(12-27-31)23-13-25-9-10-26-23/h3,8-14,19-20H,4-7H2,1-2H3,(H,30,32). The van der Waals surface area contributed by atoms with Gasteiger partial charge in [0.1, 0.15) is 0 Å². The van der Waals surface area contributed by atoms with E-state index in [1.165, 1.54) is 0 Å². The molecule has 5 rings (SSSR count). The van der Waals surface area contributed by atoms with Gasteiger partial charge in [-0.1, -0.05) is 0 Å². The number of amides is 1. The zero-order valence-electron chi connectivity index (χ0n) is 18.2. The predicted molar refractivity (Wildman–Crippen MR) is 121 cm³/mol. The first-order valence-corrected chi connectivity index (χ1v) is 10.9. The monoisotopic (exact) mass is 427 g/mol. The molecule has 162 valence electrons. The summed E-state index contributed by atoms with van der Waals surface area (Å²) in [6, 6.07) is 6.01. The highest BCUT2D eigenvalue weighted by Gasteiger charge is 2.24. The topological polar surface area (TPSA) is 98.5 Å². The summed E-state index contributed by atoms with van der Waals surface area (Å²) in [6.45, 7) is 3.88. The summed E-state index contributed by atoms with van der Waals surface area (Å²) in [7, 11) is 0. The Balaban J connectivity index is 1.21. The van der Waals surface area contributed by atoms with Gasteiger partial charge in [0, 0.05) is 35.8 Å². The van der Waals surface area contributed by atoms with E-state index in [9.17, 15) is 4.79 Å². The van der Waals surface area contributed by atoms with Gasteiger partial charge in [-0.15, -0.1) is 0 Å². The average Bonchev–Trinajstić information content (AvgIpc) is 3.31. The molecule has 1 aliphatic carbocycles. The number of aryl methyl sites for hydroxylation is 2. The van der Waals surface area contributed by atoms with Crippen molar-refractivity contribution in [2.75, 3.05) is 0 Å². The van der Waals surface area contributed by atoms with Gasteiger partial charge >= 0.3 is 0 Å². The Labute approximate surface area is 186 Å². The molecule has 8 heteroatoms. The maximum absolute atomic E-state index is 12.8. The fraction of sp³-hybridized carbons (Fsp3) is 0.333. The number of aromatic nitrogens is 6. The summed E-state index contributed by atoms with van der Waals surface area (Å²) in [5.41, 5.74) is 5.77. The molecule has 4 aromatic rings. The van der Waals surface area contributed by atoms with Crippen LogP contribution >= 0.6 is 0 Å². The quantitative estimate of drug-likeness (QED) is 0.532. The Hall–Kier alpha value is -3.68. The van der Waals surface area contributed by atoms with Gasteiger partial charge in [0.05, 0.1) is 46.6 Å². The van der Waals surface area contributed by atoms with Crippen LogP contribution in [0.3, 0.4) is 0 Å². The highest BCUT2D eigenvalue weighted by molar-refractivity contribution is 5.97. The molecule has 1 aliphatic rings. The van der Waals surface area contributed by atoms with Crippen LogP contribution in [0.25, 0.3) is 22.3 Å². The SMILES string of the molecule is Cc1nc2ccc(C(=O)NC3CCC(n4cc(-c5cnccn5)cn4)CC3)cc2nc1C. The molecule has 0 bridgehead atoms. The minimum absolute atomic E-state index is 0.0561. The maximum Gasteiger partial charge on any atom is 0.251 e. The normalized spacial score (nSPS) is 18.6. The molecule has 0 aliphatic heterocycles. The molecular formula is C24H25N7O. The molecule has 0 saturated heterocycles. The molecule has 1 N–H and O–H groups in total. The molecule has 1 aromatic carbocycles. The largest absolute Gasteiger partial charge is 0.349 e. The second kappa shape index (κ2) is 8.45. The van der Waals surface area contributed by atoms with Crippen LogP contribution in [0.5, 0.6) is 0 Å². The highest BCUT2D eigenvalue weighted by Crippen LogP contribution is 2.29. The van der Waals surface area contributed by atoms with E-state index in [0.717, 1.165) is 59.4 Å². The van der Waals surface area contributed by atoms with Crippen molar-refractivity contribution >= 4 is 16.9 Å². The lowest BCUT2D eigenvalue weighted by atomic mass is 9.91. The molecule has 1 saturated carbocycles.